The monoisotopic (exact) mass is 334 g/mol. The molecule has 1 fully saturated rings. The lowest BCUT2D eigenvalue weighted by atomic mass is 9.87. The summed E-state index contributed by atoms with van der Waals surface area (Å²) in [5, 5.41) is 9.79. The van der Waals surface area contributed by atoms with E-state index in [9.17, 15) is 14.7 Å². The Morgan fingerprint density at radius 1 is 1.38 bits per heavy atom. The number of carbonyl (C=O) groups excluding carboxylic acids is 2. The largest absolute Gasteiger partial charge is 0.489 e. The quantitative estimate of drug-likeness (QED) is 0.823. The maximum atomic E-state index is 11.4. The van der Waals surface area contributed by atoms with Gasteiger partial charge < -0.3 is 19.3 Å². The average molecular weight is 334 g/mol. The summed E-state index contributed by atoms with van der Waals surface area (Å²) in [4.78, 5) is 22.7. The summed E-state index contributed by atoms with van der Waals surface area (Å²) >= 11 is 0. The highest BCUT2D eigenvalue weighted by Gasteiger charge is 2.51. The lowest BCUT2D eigenvalue weighted by Gasteiger charge is -2.21. The lowest BCUT2D eigenvalue weighted by Crippen LogP contribution is -2.26. The molecule has 0 radical (unpaired) electrons. The standard InChI is InChI=1S/C18H22O6/c1-10(20)23-14-8-15-17(13(14)9-19)12-5-3-4-11(18(12)24-15)6-7-16(21)22-2/h3-5,13-15,17,19H,6-9H2,1-2H3. The van der Waals surface area contributed by atoms with Gasteiger partial charge in [-0.3, -0.25) is 9.59 Å². The Labute approximate surface area is 140 Å². The molecule has 1 aliphatic carbocycles. The Morgan fingerprint density at radius 3 is 2.83 bits per heavy atom. The first-order chi connectivity index (χ1) is 11.5. The molecule has 1 heterocycles. The van der Waals surface area contributed by atoms with Gasteiger partial charge in [-0.2, -0.15) is 0 Å². The van der Waals surface area contributed by atoms with E-state index in [-0.39, 0.29) is 42.6 Å². The summed E-state index contributed by atoms with van der Waals surface area (Å²) in [5.74, 6) is 0.0407. The van der Waals surface area contributed by atoms with Crippen molar-refractivity contribution in [2.45, 2.75) is 44.3 Å². The number of rotatable bonds is 5. The topological polar surface area (TPSA) is 82.1 Å². The highest BCUT2D eigenvalue weighted by molar-refractivity contribution is 5.69. The Morgan fingerprint density at radius 2 is 2.17 bits per heavy atom. The number of aliphatic hydroxyl groups is 1. The number of carbonyl (C=O) groups is 2. The van der Waals surface area contributed by atoms with Crippen LogP contribution in [-0.2, 0) is 25.5 Å². The molecule has 2 aliphatic rings. The first-order valence-corrected chi connectivity index (χ1v) is 8.18. The summed E-state index contributed by atoms with van der Waals surface area (Å²) in [6.07, 6.45) is 0.980. The Bertz CT molecular complexity index is 640. The van der Waals surface area contributed by atoms with E-state index in [0.29, 0.717) is 19.3 Å². The van der Waals surface area contributed by atoms with E-state index >= 15 is 0 Å². The second-order valence-corrected chi connectivity index (χ2v) is 6.32. The third-order valence-electron chi connectivity index (χ3n) is 4.91. The maximum Gasteiger partial charge on any atom is 0.305 e. The number of fused-ring (bicyclic) bond motifs is 3. The van der Waals surface area contributed by atoms with E-state index < -0.39 is 0 Å². The van der Waals surface area contributed by atoms with Gasteiger partial charge in [0.05, 0.1) is 13.7 Å². The molecule has 1 aromatic carbocycles. The van der Waals surface area contributed by atoms with Crippen LogP contribution in [0.15, 0.2) is 18.2 Å². The molecule has 24 heavy (non-hydrogen) atoms. The molecule has 1 saturated carbocycles. The van der Waals surface area contributed by atoms with Crippen molar-refractivity contribution in [2.24, 2.45) is 5.92 Å². The highest BCUT2D eigenvalue weighted by atomic mass is 16.6. The number of hydrogen-bond acceptors (Lipinski definition) is 6. The molecule has 6 heteroatoms. The number of para-hydroxylation sites is 1. The van der Waals surface area contributed by atoms with Gasteiger partial charge in [0.25, 0.3) is 0 Å². The summed E-state index contributed by atoms with van der Waals surface area (Å²) in [6, 6.07) is 5.87. The fourth-order valence-electron chi connectivity index (χ4n) is 3.89. The predicted octanol–water partition coefficient (Wildman–Crippen LogP) is 1.58. The van der Waals surface area contributed by atoms with Gasteiger partial charge in [-0.1, -0.05) is 18.2 Å². The minimum atomic E-state index is -0.342. The molecule has 0 aromatic heterocycles. The maximum absolute atomic E-state index is 11.4. The number of esters is 2. The summed E-state index contributed by atoms with van der Waals surface area (Å²) in [7, 11) is 1.37. The molecule has 130 valence electrons. The molecule has 4 unspecified atom stereocenters. The van der Waals surface area contributed by atoms with Crippen LogP contribution in [0.4, 0.5) is 0 Å². The van der Waals surface area contributed by atoms with Gasteiger partial charge in [0, 0.05) is 37.2 Å². The van der Waals surface area contributed by atoms with E-state index in [1.165, 1.54) is 14.0 Å². The van der Waals surface area contributed by atoms with E-state index in [0.717, 1.165) is 16.9 Å². The second-order valence-electron chi connectivity index (χ2n) is 6.32. The van der Waals surface area contributed by atoms with Gasteiger partial charge in [0.1, 0.15) is 18.0 Å². The molecular formula is C18H22O6. The van der Waals surface area contributed by atoms with E-state index in [1.54, 1.807) is 0 Å². The van der Waals surface area contributed by atoms with E-state index in [1.807, 2.05) is 18.2 Å². The Hall–Kier alpha value is -2.08. The number of methoxy groups -OCH3 is 1. The Kier molecular flexibility index (Phi) is 4.76. The molecular weight excluding hydrogens is 312 g/mol. The number of benzene rings is 1. The smallest absolute Gasteiger partial charge is 0.305 e. The molecule has 3 rings (SSSR count). The molecule has 1 aromatic rings. The molecule has 4 atom stereocenters. The zero-order chi connectivity index (χ0) is 17.3. The summed E-state index contributed by atoms with van der Waals surface area (Å²) in [5.41, 5.74) is 1.99. The second kappa shape index (κ2) is 6.81. The molecule has 0 amide bonds. The third-order valence-corrected chi connectivity index (χ3v) is 4.91. The lowest BCUT2D eigenvalue weighted by molar-refractivity contribution is -0.149. The minimum absolute atomic E-state index is 0.00688. The first kappa shape index (κ1) is 16.8. The number of aryl methyl sites for hydroxylation is 1. The van der Waals surface area contributed by atoms with Crippen molar-refractivity contribution in [1.29, 1.82) is 0 Å². The molecule has 1 N–H and O–H groups in total. The van der Waals surface area contributed by atoms with Crippen molar-refractivity contribution in [1.82, 2.24) is 0 Å². The van der Waals surface area contributed by atoms with Gasteiger partial charge in [0.2, 0.25) is 0 Å². The van der Waals surface area contributed by atoms with Crippen molar-refractivity contribution in [3.63, 3.8) is 0 Å². The van der Waals surface area contributed by atoms with Crippen LogP contribution in [0.3, 0.4) is 0 Å². The molecule has 0 spiro atoms. The number of hydrogen-bond donors (Lipinski definition) is 1. The van der Waals surface area contributed by atoms with Crippen LogP contribution in [0.25, 0.3) is 0 Å². The van der Waals surface area contributed by atoms with Crippen LogP contribution in [0.5, 0.6) is 5.75 Å². The SMILES string of the molecule is COC(=O)CCc1cccc2c1OC1CC(OC(C)=O)C(CO)C21. The zero-order valence-corrected chi connectivity index (χ0v) is 13.9. The van der Waals surface area contributed by atoms with Crippen LogP contribution < -0.4 is 4.74 Å². The summed E-state index contributed by atoms with van der Waals surface area (Å²) < 4.78 is 16.2. The number of ether oxygens (including phenoxy) is 3. The number of aliphatic hydroxyl groups excluding tert-OH is 1. The highest BCUT2D eigenvalue weighted by Crippen LogP contribution is 2.52. The predicted molar refractivity (Wildman–Crippen MR) is 84.7 cm³/mol. The fourth-order valence-corrected chi connectivity index (χ4v) is 3.89. The average Bonchev–Trinajstić information content (AvgIpc) is 3.07. The molecule has 6 nitrogen and oxygen atoms in total. The molecule has 1 aliphatic heterocycles. The minimum Gasteiger partial charge on any atom is -0.489 e. The van der Waals surface area contributed by atoms with Crippen molar-refractivity contribution < 1.29 is 28.9 Å². The van der Waals surface area contributed by atoms with Crippen LogP contribution in [0, 0.1) is 5.92 Å². The zero-order valence-electron chi connectivity index (χ0n) is 13.9. The van der Waals surface area contributed by atoms with Crippen LogP contribution in [0.2, 0.25) is 0 Å². The van der Waals surface area contributed by atoms with Crippen molar-refractivity contribution in [2.75, 3.05) is 13.7 Å². The Balaban J connectivity index is 1.83. The van der Waals surface area contributed by atoms with Crippen LogP contribution >= 0.6 is 0 Å². The van der Waals surface area contributed by atoms with Crippen molar-refractivity contribution >= 4 is 11.9 Å². The van der Waals surface area contributed by atoms with Gasteiger partial charge in [-0.15, -0.1) is 0 Å². The van der Waals surface area contributed by atoms with Crippen LogP contribution in [-0.4, -0.2) is 43.0 Å². The first-order valence-electron chi connectivity index (χ1n) is 8.18. The normalized spacial score (nSPS) is 27.1. The van der Waals surface area contributed by atoms with Gasteiger partial charge >= 0.3 is 11.9 Å². The van der Waals surface area contributed by atoms with Gasteiger partial charge in [-0.25, -0.2) is 0 Å². The van der Waals surface area contributed by atoms with Gasteiger partial charge in [0.15, 0.2) is 0 Å². The molecule has 0 saturated heterocycles. The third kappa shape index (κ3) is 2.98. The fraction of sp³-hybridized carbons (Fsp3) is 0.556. The van der Waals surface area contributed by atoms with Crippen LogP contribution in [0.1, 0.15) is 36.8 Å². The molecule has 0 bridgehead atoms. The summed E-state index contributed by atoms with van der Waals surface area (Å²) in [6.45, 7) is 1.32. The van der Waals surface area contributed by atoms with E-state index in [4.69, 9.17) is 14.2 Å². The van der Waals surface area contributed by atoms with E-state index in [2.05, 4.69) is 0 Å². The van der Waals surface area contributed by atoms with Crippen molar-refractivity contribution in [3.05, 3.63) is 29.3 Å². The van der Waals surface area contributed by atoms with Gasteiger partial charge in [-0.05, 0) is 12.0 Å². The van der Waals surface area contributed by atoms with Crippen molar-refractivity contribution in [3.8, 4) is 5.75 Å².